The minimum atomic E-state index is 0.682. The Morgan fingerprint density at radius 2 is 2.11 bits per heavy atom. The highest BCUT2D eigenvalue weighted by atomic mass is 32.2. The van der Waals surface area contributed by atoms with Crippen molar-refractivity contribution >= 4 is 22.9 Å². The molecular formula is C12H12N6S. The molecule has 0 aliphatic heterocycles. The quantitative estimate of drug-likeness (QED) is 0.447. The van der Waals surface area contributed by atoms with Crippen LogP contribution in [0.3, 0.4) is 0 Å². The summed E-state index contributed by atoms with van der Waals surface area (Å²) in [6.07, 6.45) is 4.79. The van der Waals surface area contributed by atoms with Crippen LogP contribution in [-0.4, -0.2) is 30.1 Å². The van der Waals surface area contributed by atoms with Gasteiger partial charge < -0.3 is 4.98 Å². The van der Waals surface area contributed by atoms with Crippen LogP contribution < -0.4 is 0 Å². The molecule has 0 aromatic carbocycles. The number of thioether (sulfide) groups is 1. The zero-order valence-corrected chi connectivity index (χ0v) is 11.0. The molecule has 0 amide bonds. The lowest BCUT2D eigenvalue weighted by molar-refractivity contribution is 0.969. The van der Waals surface area contributed by atoms with Gasteiger partial charge in [0.2, 0.25) is 0 Å². The molecule has 0 saturated carbocycles. The van der Waals surface area contributed by atoms with Crippen LogP contribution in [0, 0.1) is 0 Å². The van der Waals surface area contributed by atoms with Crippen LogP contribution in [-0.2, 0) is 5.75 Å². The van der Waals surface area contributed by atoms with E-state index in [2.05, 4.69) is 43.3 Å². The van der Waals surface area contributed by atoms with E-state index in [-0.39, 0.29) is 0 Å². The van der Waals surface area contributed by atoms with Gasteiger partial charge in [0.15, 0.2) is 5.65 Å². The van der Waals surface area contributed by atoms with Crippen molar-refractivity contribution < 1.29 is 0 Å². The van der Waals surface area contributed by atoms with E-state index in [1.807, 2.05) is 12.1 Å². The molecule has 0 aliphatic rings. The Balaban J connectivity index is 0.000000637. The molecule has 0 atom stereocenters. The van der Waals surface area contributed by atoms with Crippen LogP contribution in [0.1, 0.15) is 5.69 Å². The van der Waals surface area contributed by atoms with E-state index in [1.165, 1.54) is 6.33 Å². The maximum Gasteiger partial charge on any atom is 0.181 e. The molecule has 0 spiro atoms. The van der Waals surface area contributed by atoms with Crippen molar-refractivity contribution in [3.05, 3.63) is 49.8 Å². The molecule has 0 radical (unpaired) electrons. The van der Waals surface area contributed by atoms with Crippen LogP contribution in [0.5, 0.6) is 0 Å². The lowest BCUT2D eigenvalue weighted by atomic mass is 10.4. The summed E-state index contributed by atoms with van der Waals surface area (Å²) in [6.45, 7) is 6.00. The van der Waals surface area contributed by atoms with Crippen molar-refractivity contribution in [2.45, 2.75) is 10.8 Å². The van der Waals surface area contributed by atoms with Gasteiger partial charge in [0.05, 0.1) is 12.0 Å². The van der Waals surface area contributed by atoms with Crippen LogP contribution in [0.15, 0.2) is 49.2 Å². The molecule has 7 heteroatoms. The van der Waals surface area contributed by atoms with E-state index in [0.29, 0.717) is 5.65 Å². The van der Waals surface area contributed by atoms with Crippen molar-refractivity contribution in [1.29, 1.82) is 0 Å². The summed E-state index contributed by atoms with van der Waals surface area (Å²) in [4.78, 5) is 15.4. The van der Waals surface area contributed by atoms with Crippen molar-refractivity contribution in [3.63, 3.8) is 0 Å². The third-order valence-corrected chi connectivity index (χ3v) is 3.20. The van der Waals surface area contributed by atoms with Crippen LogP contribution in [0.2, 0.25) is 0 Å². The molecule has 19 heavy (non-hydrogen) atoms. The maximum absolute atomic E-state index is 4.23. The van der Waals surface area contributed by atoms with E-state index >= 15 is 0 Å². The zero-order chi connectivity index (χ0) is 13.5. The summed E-state index contributed by atoms with van der Waals surface area (Å²) in [6, 6.07) is 3.81. The predicted octanol–water partition coefficient (Wildman–Crippen LogP) is 2.24. The number of nitrogens with zero attached hydrogens (tertiary/aromatic N) is 5. The Bertz CT molecular complexity index is 639. The van der Waals surface area contributed by atoms with Crippen LogP contribution in [0.4, 0.5) is 0 Å². The van der Waals surface area contributed by atoms with Gasteiger partial charge in [0.1, 0.15) is 16.9 Å². The molecule has 0 bridgehead atoms. The second kappa shape index (κ2) is 6.60. The number of imidazole rings is 1. The van der Waals surface area contributed by atoms with Gasteiger partial charge in [-0.1, -0.05) is 11.8 Å². The topological polar surface area (TPSA) is 80.2 Å². The number of rotatable bonds is 3. The summed E-state index contributed by atoms with van der Waals surface area (Å²) >= 11 is 1.58. The Labute approximate surface area is 114 Å². The third kappa shape index (κ3) is 3.14. The number of aromatic nitrogens is 6. The van der Waals surface area contributed by atoms with Gasteiger partial charge in [-0.25, -0.2) is 15.0 Å². The summed E-state index contributed by atoms with van der Waals surface area (Å²) in [5.74, 6) is 0.721. The highest BCUT2D eigenvalue weighted by Gasteiger charge is 2.06. The molecule has 0 unspecified atom stereocenters. The van der Waals surface area contributed by atoms with Crippen LogP contribution >= 0.6 is 11.8 Å². The minimum Gasteiger partial charge on any atom is -0.341 e. The highest BCUT2D eigenvalue weighted by molar-refractivity contribution is 7.98. The lowest BCUT2D eigenvalue weighted by Crippen LogP contribution is -1.90. The number of H-pyrrole nitrogens is 1. The summed E-state index contributed by atoms with van der Waals surface area (Å²) in [5.41, 5.74) is 2.46. The van der Waals surface area contributed by atoms with Crippen molar-refractivity contribution in [3.8, 4) is 0 Å². The number of hydrogen-bond acceptors (Lipinski definition) is 6. The average Bonchev–Trinajstić information content (AvgIpc) is 2.97. The third-order valence-electron chi connectivity index (χ3n) is 2.17. The minimum absolute atomic E-state index is 0.682. The average molecular weight is 272 g/mol. The maximum atomic E-state index is 4.23. The molecule has 6 nitrogen and oxygen atoms in total. The Kier molecular flexibility index (Phi) is 4.57. The molecular weight excluding hydrogens is 260 g/mol. The number of aromatic amines is 1. The largest absolute Gasteiger partial charge is 0.341 e. The SMILES string of the molecule is C=C.c1cnnc(CSc2ncnc3nc[nH]c23)c1. The molecule has 3 aromatic heterocycles. The van der Waals surface area contributed by atoms with Gasteiger partial charge in [0.25, 0.3) is 0 Å². The van der Waals surface area contributed by atoms with Gasteiger partial charge in [0, 0.05) is 11.9 Å². The second-order valence-corrected chi connectivity index (χ2v) is 4.25. The fourth-order valence-corrected chi connectivity index (χ4v) is 2.26. The van der Waals surface area contributed by atoms with E-state index in [9.17, 15) is 0 Å². The lowest BCUT2D eigenvalue weighted by Gasteiger charge is -2.00. The van der Waals surface area contributed by atoms with E-state index < -0.39 is 0 Å². The first-order chi connectivity index (χ1) is 9.43. The zero-order valence-electron chi connectivity index (χ0n) is 10.2. The van der Waals surface area contributed by atoms with Gasteiger partial charge in [-0.2, -0.15) is 10.2 Å². The Morgan fingerprint density at radius 1 is 1.21 bits per heavy atom. The smallest absolute Gasteiger partial charge is 0.181 e. The summed E-state index contributed by atoms with van der Waals surface area (Å²) in [5, 5.41) is 8.73. The van der Waals surface area contributed by atoms with E-state index in [4.69, 9.17) is 0 Å². The fraction of sp³-hybridized carbons (Fsp3) is 0.0833. The first-order valence-corrected chi connectivity index (χ1v) is 6.45. The van der Waals surface area contributed by atoms with Crippen molar-refractivity contribution in [2.24, 2.45) is 0 Å². The molecule has 3 aromatic rings. The first kappa shape index (κ1) is 13.2. The molecule has 0 saturated heterocycles. The summed E-state index contributed by atoms with van der Waals surface area (Å²) in [7, 11) is 0. The number of fused-ring (bicyclic) bond motifs is 1. The van der Waals surface area contributed by atoms with Crippen molar-refractivity contribution in [2.75, 3.05) is 0 Å². The molecule has 1 N–H and O–H groups in total. The molecule has 0 fully saturated rings. The summed E-state index contributed by atoms with van der Waals surface area (Å²) < 4.78 is 0. The normalized spacial score (nSPS) is 9.89. The van der Waals surface area contributed by atoms with Crippen molar-refractivity contribution in [1.82, 2.24) is 30.1 Å². The van der Waals surface area contributed by atoms with Gasteiger partial charge in [-0.05, 0) is 12.1 Å². The second-order valence-electron chi connectivity index (χ2n) is 3.28. The van der Waals surface area contributed by atoms with Gasteiger partial charge in [-0.15, -0.1) is 13.2 Å². The Morgan fingerprint density at radius 3 is 2.89 bits per heavy atom. The van der Waals surface area contributed by atoms with E-state index in [1.54, 1.807) is 24.3 Å². The molecule has 3 heterocycles. The standard InChI is InChI=1S/C10H8N6S.C2H4/c1-2-7(16-15-3-1)4-17-10-8-9(12-5-11-8)13-6-14-10;1-2/h1-3,5-6H,4H2,(H,11,12,13,14);1-2H2. The fourth-order valence-electron chi connectivity index (χ4n) is 1.41. The molecule has 96 valence electrons. The first-order valence-electron chi connectivity index (χ1n) is 5.47. The van der Waals surface area contributed by atoms with Crippen LogP contribution in [0.25, 0.3) is 11.2 Å². The molecule has 0 aliphatic carbocycles. The highest BCUT2D eigenvalue weighted by Crippen LogP contribution is 2.24. The Hall–Kier alpha value is -2.28. The van der Waals surface area contributed by atoms with E-state index in [0.717, 1.165) is 22.0 Å². The monoisotopic (exact) mass is 272 g/mol. The van der Waals surface area contributed by atoms with Gasteiger partial charge in [-0.3, -0.25) is 0 Å². The number of hydrogen-bond donors (Lipinski definition) is 1. The predicted molar refractivity (Wildman–Crippen MR) is 74.5 cm³/mol. The number of nitrogens with one attached hydrogen (secondary N) is 1. The molecule has 3 rings (SSSR count). The van der Waals surface area contributed by atoms with Gasteiger partial charge >= 0.3 is 0 Å².